The van der Waals surface area contributed by atoms with Crippen LogP contribution in [-0.4, -0.2) is 22.9 Å². The van der Waals surface area contributed by atoms with Crippen molar-refractivity contribution in [1.29, 1.82) is 0 Å². The van der Waals surface area contributed by atoms with E-state index in [0.717, 1.165) is 11.1 Å². The van der Waals surface area contributed by atoms with E-state index < -0.39 is 6.04 Å². The van der Waals surface area contributed by atoms with E-state index >= 15 is 0 Å². The molecule has 5 heteroatoms. The molecule has 0 saturated carbocycles. The number of anilines is 1. The van der Waals surface area contributed by atoms with E-state index in [0.29, 0.717) is 18.7 Å². The molecule has 1 atom stereocenters. The van der Waals surface area contributed by atoms with Crippen molar-refractivity contribution in [3.8, 4) is 0 Å². The van der Waals surface area contributed by atoms with Gasteiger partial charge in [-0.25, -0.2) is 4.79 Å². The van der Waals surface area contributed by atoms with E-state index in [1.165, 1.54) is 4.90 Å². The maximum absolute atomic E-state index is 12.4. The third-order valence-corrected chi connectivity index (χ3v) is 3.71. The second-order valence-corrected chi connectivity index (χ2v) is 5.36. The Morgan fingerprint density at radius 1 is 0.955 bits per heavy atom. The van der Waals surface area contributed by atoms with Gasteiger partial charge in [0.05, 0.1) is 6.54 Å². The van der Waals surface area contributed by atoms with Gasteiger partial charge in [-0.05, 0) is 23.3 Å². The standard InChI is InChI=1S/C17H17N3O2/c18-14-8-6-12(7-9-14)10-15-16(21)20(17(22)19-15)11-13-4-2-1-3-5-13/h1-9,15H,10-11,18H2,(H,19,22). The van der Waals surface area contributed by atoms with E-state index in [2.05, 4.69) is 5.32 Å². The molecule has 112 valence electrons. The summed E-state index contributed by atoms with van der Waals surface area (Å²) >= 11 is 0. The van der Waals surface area contributed by atoms with Crippen molar-refractivity contribution in [1.82, 2.24) is 10.2 Å². The average Bonchev–Trinajstić information content (AvgIpc) is 2.78. The van der Waals surface area contributed by atoms with Crippen LogP contribution in [-0.2, 0) is 17.8 Å². The van der Waals surface area contributed by atoms with Gasteiger partial charge >= 0.3 is 6.03 Å². The van der Waals surface area contributed by atoms with Crippen LogP contribution in [0.4, 0.5) is 10.5 Å². The summed E-state index contributed by atoms with van der Waals surface area (Å²) in [6, 6.07) is 15.9. The molecule has 3 N–H and O–H groups in total. The monoisotopic (exact) mass is 295 g/mol. The SMILES string of the molecule is Nc1ccc(CC2NC(=O)N(Cc3ccccc3)C2=O)cc1. The van der Waals surface area contributed by atoms with Crippen LogP contribution >= 0.6 is 0 Å². The smallest absolute Gasteiger partial charge is 0.325 e. The first kappa shape index (κ1) is 14.1. The van der Waals surface area contributed by atoms with Crippen molar-refractivity contribution < 1.29 is 9.59 Å². The fourth-order valence-corrected chi connectivity index (χ4v) is 2.52. The van der Waals surface area contributed by atoms with Crippen LogP contribution in [0.1, 0.15) is 11.1 Å². The Bertz CT molecular complexity index is 683. The van der Waals surface area contributed by atoms with Gasteiger partial charge in [-0.3, -0.25) is 9.69 Å². The molecule has 1 aliphatic rings. The molecular weight excluding hydrogens is 278 g/mol. The first-order valence-corrected chi connectivity index (χ1v) is 7.14. The molecule has 2 aromatic rings. The molecule has 22 heavy (non-hydrogen) atoms. The Balaban J connectivity index is 1.70. The van der Waals surface area contributed by atoms with Gasteiger partial charge in [0.2, 0.25) is 0 Å². The first-order chi connectivity index (χ1) is 10.6. The van der Waals surface area contributed by atoms with Gasteiger partial charge in [-0.1, -0.05) is 42.5 Å². The molecule has 0 bridgehead atoms. The normalized spacial score (nSPS) is 17.6. The quantitative estimate of drug-likeness (QED) is 0.668. The van der Waals surface area contributed by atoms with E-state index in [-0.39, 0.29) is 11.9 Å². The van der Waals surface area contributed by atoms with Gasteiger partial charge in [0.1, 0.15) is 6.04 Å². The Morgan fingerprint density at radius 3 is 2.32 bits per heavy atom. The molecule has 1 fully saturated rings. The molecular formula is C17H17N3O2. The summed E-state index contributed by atoms with van der Waals surface area (Å²) in [5.41, 5.74) is 8.22. The summed E-state index contributed by atoms with van der Waals surface area (Å²) in [6.45, 7) is 0.295. The molecule has 1 saturated heterocycles. The lowest BCUT2D eigenvalue weighted by Crippen LogP contribution is -2.32. The molecule has 1 heterocycles. The highest BCUT2D eigenvalue weighted by Gasteiger charge is 2.37. The van der Waals surface area contributed by atoms with Crippen LogP contribution in [0, 0.1) is 0 Å². The molecule has 0 radical (unpaired) electrons. The molecule has 1 unspecified atom stereocenters. The number of benzene rings is 2. The second-order valence-electron chi connectivity index (χ2n) is 5.36. The van der Waals surface area contributed by atoms with Crippen molar-refractivity contribution in [3.05, 3.63) is 65.7 Å². The largest absolute Gasteiger partial charge is 0.399 e. The number of nitrogens with one attached hydrogen (secondary N) is 1. The molecule has 1 aliphatic heterocycles. The van der Waals surface area contributed by atoms with Gasteiger partial charge in [-0.2, -0.15) is 0 Å². The summed E-state index contributed by atoms with van der Waals surface area (Å²) in [4.78, 5) is 25.7. The van der Waals surface area contributed by atoms with Crippen LogP contribution in [0.15, 0.2) is 54.6 Å². The highest BCUT2D eigenvalue weighted by atomic mass is 16.2. The zero-order valence-corrected chi connectivity index (χ0v) is 12.0. The maximum atomic E-state index is 12.4. The van der Waals surface area contributed by atoms with Gasteiger partial charge in [0, 0.05) is 12.1 Å². The number of urea groups is 1. The summed E-state index contributed by atoms with van der Waals surface area (Å²) in [6.07, 6.45) is 0.468. The number of carbonyl (C=O) groups excluding carboxylic acids is 2. The third-order valence-electron chi connectivity index (χ3n) is 3.71. The van der Waals surface area contributed by atoms with Gasteiger partial charge < -0.3 is 11.1 Å². The Hall–Kier alpha value is -2.82. The molecule has 0 aromatic heterocycles. The maximum Gasteiger partial charge on any atom is 0.325 e. The summed E-state index contributed by atoms with van der Waals surface area (Å²) in [5.74, 6) is -0.189. The number of nitrogen functional groups attached to an aromatic ring is 1. The van der Waals surface area contributed by atoms with Crippen LogP contribution in [0.5, 0.6) is 0 Å². The number of hydrogen-bond donors (Lipinski definition) is 2. The average molecular weight is 295 g/mol. The molecule has 0 aliphatic carbocycles. The number of hydrogen-bond acceptors (Lipinski definition) is 3. The zero-order chi connectivity index (χ0) is 15.5. The second kappa shape index (κ2) is 5.89. The molecule has 3 rings (SSSR count). The molecule has 2 aromatic carbocycles. The third kappa shape index (κ3) is 2.93. The topological polar surface area (TPSA) is 75.4 Å². The van der Waals surface area contributed by atoms with E-state index in [1.807, 2.05) is 42.5 Å². The van der Waals surface area contributed by atoms with Gasteiger partial charge in [-0.15, -0.1) is 0 Å². The Labute approximate surface area is 128 Å². The highest BCUT2D eigenvalue weighted by molar-refractivity contribution is 6.04. The number of carbonyl (C=O) groups is 2. The van der Waals surface area contributed by atoms with Crippen LogP contribution < -0.4 is 11.1 Å². The highest BCUT2D eigenvalue weighted by Crippen LogP contribution is 2.16. The minimum atomic E-state index is -0.514. The lowest BCUT2D eigenvalue weighted by atomic mass is 10.1. The van der Waals surface area contributed by atoms with Crippen molar-refractivity contribution in [2.24, 2.45) is 0 Å². The predicted molar refractivity (Wildman–Crippen MR) is 83.9 cm³/mol. The van der Waals surface area contributed by atoms with Gasteiger partial charge in [0.15, 0.2) is 0 Å². The lowest BCUT2D eigenvalue weighted by Gasteiger charge is -2.13. The number of amides is 3. The van der Waals surface area contributed by atoms with E-state index in [9.17, 15) is 9.59 Å². The van der Waals surface area contributed by atoms with Gasteiger partial charge in [0.25, 0.3) is 5.91 Å². The number of rotatable bonds is 4. The fourth-order valence-electron chi connectivity index (χ4n) is 2.52. The molecule has 5 nitrogen and oxygen atoms in total. The van der Waals surface area contributed by atoms with Crippen molar-refractivity contribution in [3.63, 3.8) is 0 Å². The number of nitrogens with two attached hydrogens (primary N) is 1. The Kier molecular flexibility index (Phi) is 3.78. The van der Waals surface area contributed by atoms with Crippen molar-refractivity contribution in [2.75, 3.05) is 5.73 Å². The van der Waals surface area contributed by atoms with Crippen molar-refractivity contribution in [2.45, 2.75) is 19.0 Å². The predicted octanol–water partition coefficient (Wildman–Crippen LogP) is 1.93. The van der Waals surface area contributed by atoms with Crippen LogP contribution in [0.3, 0.4) is 0 Å². The molecule has 0 spiro atoms. The first-order valence-electron chi connectivity index (χ1n) is 7.14. The Morgan fingerprint density at radius 2 is 1.64 bits per heavy atom. The number of nitrogens with zero attached hydrogens (tertiary/aromatic N) is 1. The fraction of sp³-hybridized carbons (Fsp3) is 0.176. The minimum absolute atomic E-state index is 0.189. The van der Waals surface area contributed by atoms with Crippen LogP contribution in [0.25, 0.3) is 0 Å². The minimum Gasteiger partial charge on any atom is -0.399 e. The van der Waals surface area contributed by atoms with E-state index in [4.69, 9.17) is 5.73 Å². The lowest BCUT2D eigenvalue weighted by molar-refractivity contribution is -0.127. The van der Waals surface area contributed by atoms with Crippen LogP contribution in [0.2, 0.25) is 0 Å². The number of imide groups is 1. The summed E-state index contributed by atoms with van der Waals surface area (Å²) < 4.78 is 0. The van der Waals surface area contributed by atoms with E-state index in [1.54, 1.807) is 12.1 Å². The van der Waals surface area contributed by atoms with Crippen molar-refractivity contribution >= 4 is 17.6 Å². The summed E-state index contributed by atoms with van der Waals surface area (Å²) in [7, 11) is 0. The zero-order valence-electron chi connectivity index (χ0n) is 12.0. The molecule has 3 amide bonds. The summed E-state index contributed by atoms with van der Waals surface area (Å²) in [5, 5.41) is 2.74.